The molecular formula is C15H32N2. The van der Waals surface area contributed by atoms with E-state index in [0.29, 0.717) is 0 Å². The fourth-order valence-electron chi connectivity index (χ4n) is 3.01. The Kier molecular flexibility index (Phi) is 7.87. The Morgan fingerprint density at radius 2 is 1.88 bits per heavy atom. The molecule has 1 rings (SSSR count). The lowest BCUT2D eigenvalue weighted by molar-refractivity contribution is 0.192. The maximum absolute atomic E-state index is 3.58. The smallest absolute Gasteiger partial charge is 0.0217 e. The Morgan fingerprint density at radius 1 is 1.18 bits per heavy atom. The Labute approximate surface area is 108 Å². The number of nitrogens with zero attached hydrogens (tertiary/aromatic N) is 1. The summed E-state index contributed by atoms with van der Waals surface area (Å²) in [7, 11) is 2.33. The van der Waals surface area contributed by atoms with E-state index in [-0.39, 0.29) is 0 Å². The van der Waals surface area contributed by atoms with Crippen molar-refractivity contribution in [3.63, 3.8) is 0 Å². The number of rotatable bonds is 9. The van der Waals surface area contributed by atoms with Crippen molar-refractivity contribution in [3.8, 4) is 0 Å². The van der Waals surface area contributed by atoms with E-state index in [1.165, 1.54) is 58.0 Å². The van der Waals surface area contributed by atoms with Crippen LogP contribution < -0.4 is 5.32 Å². The first-order valence-corrected chi connectivity index (χ1v) is 7.68. The van der Waals surface area contributed by atoms with Crippen LogP contribution in [0.15, 0.2) is 0 Å². The van der Waals surface area contributed by atoms with Gasteiger partial charge in [0, 0.05) is 19.1 Å². The third-order valence-corrected chi connectivity index (χ3v) is 4.07. The highest BCUT2D eigenvalue weighted by Gasteiger charge is 2.20. The zero-order valence-electron chi connectivity index (χ0n) is 12.2. The van der Waals surface area contributed by atoms with Crippen LogP contribution in [0.2, 0.25) is 0 Å². The van der Waals surface area contributed by atoms with Crippen molar-refractivity contribution in [2.75, 3.05) is 26.7 Å². The van der Waals surface area contributed by atoms with Gasteiger partial charge in [0.15, 0.2) is 0 Å². The SMILES string of the molecule is CCCNCC(CCC)N(C)CC1CCCC1. The summed E-state index contributed by atoms with van der Waals surface area (Å²) in [5, 5.41) is 3.58. The summed E-state index contributed by atoms with van der Waals surface area (Å²) in [5.74, 6) is 0.977. The van der Waals surface area contributed by atoms with Gasteiger partial charge in [-0.1, -0.05) is 33.1 Å². The molecule has 0 aliphatic heterocycles. The zero-order valence-corrected chi connectivity index (χ0v) is 12.2. The van der Waals surface area contributed by atoms with Crippen LogP contribution in [0, 0.1) is 5.92 Å². The molecule has 0 aromatic carbocycles. The molecule has 0 aromatic heterocycles. The van der Waals surface area contributed by atoms with Crippen LogP contribution in [0.5, 0.6) is 0 Å². The first kappa shape index (κ1) is 15.0. The summed E-state index contributed by atoms with van der Waals surface area (Å²) in [4.78, 5) is 2.61. The van der Waals surface area contributed by atoms with Gasteiger partial charge in [0.1, 0.15) is 0 Å². The fraction of sp³-hybridized carbons (Fsp3) is 1.00. The quantitative estimate of drug-likeness (QED) is 0.622. The van der Waals surface area contributed by atoms with Gasteiger partial charge < -0.3 is 10.2 Å². The van der Waals surface area contributed by atoms with Gasteiger partial charge >= 0.3 is 0 Å². The monoisotopic (exact) mass is 240 g/mol. The average Bonchev–Trinajstić information content (AvgIpc) is 2.81. The molecule has 1 fully saturated rings. The van der Waals surface area contributed by atoms with Crippen molar-refractivity contribution in [1.82, 2.24) is 10.2 Å². The molecule has 102 valence electrons. The standard InChI is InChI=1S/C15H32N2/c1-4-8-15(12-16-11-5-2)17(3)13-14-9-6-7-10-14/h14-16H,4-13H2,1-3H3. The lowest BCUT2D eigenvalue weighted by Crippen LogP contribution is -2.42. The van der Waals surface area contributed by atoms with E-state index in [2.05, 4.69) is 31.1 Å². The molecule has 1 N–H and O–H groups in total. The summed E-state index contributed by atoms with van der Waals surface area (Å²) in [5.41, 5.74) is 0. The van der Waals surface area contributed by atoms with E-state index < -0.39 is 0 Å². The predicted molar refractivity (Wildman–Crippen MR) is 76.4 cm³/mol. The zero-order chi connectivity index (χ0) is 12.5. The van der Waals surface area contributed by atoms with Gasteiger partial charge in [0.25, 0.3) is 0 Å². The molecule has 0 heterocycles. The van der Waals surface area contributed by atoms with Gasteiger partial charge in [0.05, 0.1) is 0 Å². The van der Waals surface area contributed by atoms with Crippen LogP contribution >= 0.6 is 0 Å². The van der Waals surface area contributed by atoms with E-state index in [0.717, 1.165) is 18.5 Å². The Morgan fingerprint density at radius 3 is 2.47 bits per heavy atom. The lowest BCUT2D eigenvalue weighted by Gasteiger charge is -2.30. The van der Waals surface area contributed by atoms with E-state index in [4.69, 9.17) is 0 Å². The topological polar surface area (TPSA) is 15.3 Å². The van der Waals surface area contributed by atoms with Crippen LogP contribution in [-0.2, 0) is 0 Å². The largest absolute Gasteiger partial charge is 0.315 e. The summed E-state index contributed by atoms with van der Waals surface area (Å²) < 4.78 is 0. The molecule has 1 atom stereocenters. The van der Waals surface area contributed by atoms with Crippen molar-refractivity contribution in [2.24, 2.45) is 5.92 Å². The molecule has 0 bridgehead atoms. The third kappa shape index (κ3) is 5.87. The molecule has 0 spiro atoms. The lowest BCUT2D eigenvalue weighted by atomic mass is 10.1. The highest BCUT2D eigenvalue weighted by Crippen LogP contribution is 2.25. The molecule has 0 radical (unpaired) electrons. The average molecular weight is 240 g/mol. The number of hydrogen-bond donors (Lipinski definition) is 1. The second kappa shape index (κ2) is 8.93. The molecule has 1 aliphatic carbocycles. The normalized spacial score (nSPS) is 19.1. The Bertz CT molecular complexity index is 176. The maximum atomic E-state index is 3.58. The molecule has 1 aliphatic rings. The summed E-state index contributed by atoms with van der Waals surface area (Å²) in [6.07, 6.45) is 9.73. The van der Waals surface area contributed by atoms with Crippen molar-refractivity contribution in [2.45, 2.75) is 64.8 Å². The Hall–Kier alpha value is -0.0800. The molecule has 1 saturated carbocycles. The molecule has 2 nitrogen and oxygen atoms in total. The number of hydrogen-bond acceptors (Lipinski definition) is 2. The van der Waals surface area contributed by atoms with E-state index in [9.17, 15) is 0 Å². The Balaban J connectivity index is 2.27. The van der Waals surface area contributed by atoms with Gasteiger partial charge in [-0.05, 0) is 45.2 Å². The van der Waals surface area contributed by atoms with E-state index >= 15 is 0 Å². The van der Waals surface area contributed by atoms with Crippen molar-refractivity contribution in [1.29, 1.82) is 0 Å². The van der Waals surface area contributed by atoms with Crippen molar-refractivity contribution >= 4 is 0 Å². The van der Waals surface area contributed by atoms with Crippen molar-refractivity contribution in [3.05, 3.63) is 0 Å². The first-order chi connectivity index (χ1) is 8.27. The molecule has 2 heteroatoms. The van der Waals surface area contributed by atoms with Crippen LogP contribution in [-0.4, -0.2) is 37.6 Å². The van der Waals surface area contributed by atoms with Crippen LogP contribution in [0.4, 0.5) is 0 Å². The third-order valence-electron chi connectivity index (χ3n) is 4.07. The maximum Gasteiger partial charge on any atom is 0.0217 e. The minimum absolute atomic E-state index is 0.743. The fourth-order valence-corrected chi connectivity index (χ4v) is 3.01. The number of nitrogens with one attached hydrogen (secondary N) is 1. The van der Waals surface area contributed by atoms with Gasteiger partial charge in [-0.2, -0.15) is 0 Å². The predicted octanol–water partition coefficient (Wildman–Crippen LogP) is 3.28. The van der Waals surface area contributed by atoms with Gasteiger partial charge in [-0.25, -0.2) is 0 Å². The summed E-state index contributed by atoms with van der Waals surface area (Å²) >= 11 is 0. The summed E-state index contributed by atoms with van der Waals surface area (Å²) in [6, 6.07) is 0.743. The molecule has 0 aromatic rings. The van der Waals surface area contributed by atoms with Gasteiger partial charge in [-0.15, -0.1) is 0 Å². The second-order valence-electron chi connectivity index (χ2n) is 5.74. The molecule has 0 saturated heterocycles. The molecule has 17 heavy (non-hydrogen) atoms. The molecule has 1 unspecified atom stereocenters. The highest BCUT2D eigenvalue weighted by molar-refractivity contribution is 4.76. The second-order valence-corrected chi connectivity index (χ2v) is 5.74. The van der Waals surface area contributed by atoms with Crippen LogP contribution in [0.3, 0.4) is 0 Å². The van der Waals surface area contributed by atoms with Crippen LogP contribution in [0.25, 0.3) is 0 Å². The van der Waals surface area contributed by atoms with Crippen LogP contribution in [0.1, 0.15) is 58.8 Å². The van der Waals surface area contributed by atoms with Gasteiger partial charge in [0.2, 0.25) is 0 Å². The minimum atomic E-state index is 0.743. The van der Waals surface area contributed by atoms with E-state index in [1.807, 2.05) is 0 Å². The number of likely N-dealkylation sites (N-methyl/N-ethyl adjacent to an activating group) is 1. The molecular weight excluding hydrogens is 208 g/mol. The minimum Gasteiger partial charge on any atom is -0.315 e. The van der Waals surface area contributed by atoms with Crippen molar-refractivity contribution < 1.29 is 0 Å². The molecule has 0 amide bonds. The first-order valence-electron chi connectivity index (χ1n) is 7.68. The highest BCUT2D eigenvalue weighted by atomic mass is 15.1. The van der Waals surface area contributed by atoms with Gasteiger partial charge in [-0.3, -0.25) is 0 Å². The van der Waals surface area contributed by atoms with E-state index in [1.54, 1.807) is 0 Å². The summed E-state index contributed by atoms with van der Waals surface area (Å²) in [6.45, 7) is 8.20.